The molecular weight excluding hydrogens is 300 g/mol. The Morgan fingerprint density at radius 2 is 2.04 bits per heavy atom. The third-order valence-electron chi connectivity index (χ3n) is 4.67. The van der Waals surface area contributed by atoms with Crippen LogP contribution in [0, 0.1) is 0 Å². The number of hydrogen-bond acceptors (Lipinski definition) is 3. The molecule has 0 spiro atoms. The molecule has 5 nitrogen and oxygen atoms in total. The molecule has 0 radical (unpaired) electrons. The van der Waals surface area contributed by atoms with Crippen molar-refractivity contribution >= 4 is 5.96 Å². The summed E-state index contributed by atoms with van der Waals surface area (Å²) < 4.78 is 5.92. The molecule has 0 aliphatic carbocycles. The van der Waals surface area contributed by atoms with E-state index in [1.807, 2.05) is 37.4 Å². The zero-order valence-electron chi connectivity index (χ0n) is 14.7. The maximum absolute atomic E-state index is 5.92. The monoisotopic (exact) mass is 328 g/mol. The minimum atomic E-state index is 0.0883. The second kappa shape index (κ2) is 8.20. The molecule has 3 rings (SSSR count). The van der Waals surface area contributed by atoms with E-state index in [0.717, 1.165) is 44.4 Å². The van der Waals surface area contributed by atoms with Crippen LogP contribution in [0.15, 0.2) is 47.5 Å². The number of ether oxygens (including phenoxy) is 1. The second-order valence-corrected chi connectivity index (χ2v) is 6.48. The molecule has 1 N–H and O–H groups in total. The maximum Gasteiger partial charge on any atom is 0.193 e. The van der Waals surface area contributed by atoms with E-state index in [2.05, 4.69) is 39.2 Å². The van der Waals surface area contributed by atoms with E-state index in [4.69, 9.17) is 4.74 Å². The molecule has 5 heteroatoms. The number of benzene rings is 1. The van der Waals surface area contributed by atoms with E-state index in [1.54, 1.807) is 0 Å². The van der Waals surface area contributed by atoms with E-state index in [1.165, 1.54) is 6.42 Å². The number of nitrogens with one attached hydrogen (secondary N) is 1. The molecule has 0 amide bonds. The number of likely N-dealkylation sites (tertiary alicyclic amines) is 1. The number of nitrogens with zero attached hydrogens (tertiary/aromatic N) is 3. The Balaban J connectivity index is 1.45. The van der Waals surface area contributed by atoms with Crippen LogP contribution in [0.1, 0.15) is 13.3 Å². The molecule has 24 heavy (non-hydrogen) atoms. The van der Waals surface area contributed by atoms with E-state index in [-0.39, 0.29) is 6.10 Å². The SMILES string of the molecule is CN=C(NCC(C)Oc1ccccc1)N1CCC(N2CC=CC2)C1. The van der Waals surface area contributed by atoms with E-state index >= 15 is 0 Å². The van der Waals surface area contributed by atoms with Gasteiger partial charge in [-0.3, -0.25) is 9.89 Å². The summed E-state index contributed by atoms with van der Waals surface area (Å²) in [5.41, 5.74) is 0. The van der Waals surface area contributed by atoms with Crippen LogP contribution in [-0.2, 0) is 0 Å². The third-order valence-corrected chi connectivity index (χ3v) is 4.67. The number of rotatable bonds is 5. The second-order valence-electron chi connectivity index (χ2n) is 6.48. The van der Waals surface area contributed by atoms with Crippen LogP contribution < -0.4 is 10.1 Å². The van der Waals surface area contributed by atoms with Gasteiger partial charge in [0.2, 0.25) is 0 Å². The lowest BCUT2D eigenvalue weighted by molar-refractivity contribution is 0.222. The summed E-state index contributed by atoms with van der Waals surface area (Å²) in [6.45, 7) is 7.12. The summed E-state index contributed by atoms with van der Waals surface area (Å²) in [7, 11) is 1.86. The van der Waals surface area contributed by atoms with Crippen LogP contribution in [0.25, 0.3) is 0 Å². The summed E-state index contributed by atoms with van der Waals surface area (Å²) in [6.07, 6.45) is 5.82. The van der Waals surface area contributed by atoms with Crippen molar-refractivity contribution in [3.63, 3.8) is 0 Å². The first-order valence-corrected chi connectivity index (χ1v) is 8.82. The third kappa shape index (κ3) is 4.29. The van der Waals surface area contributed by atoms with Gasteiger partial charge in [-0.2, -0.15) is 0 Å². The van der Waals surface area contributed by atoms with Gasteiger partial charge in [-0.15, -0.1) is 0 Å². The van der Waals surface area contributed by atoms with E-state index < -0.39 is 0 Å². The summed E-state index contributed by atoms with van der Waals surface area (Å²) in [6, 6.07) is 10.6. The molecule has 2 aliphatic heterocycles. The normalized spacial score (nSPS) is 22.8. The van der Waals surface area contributed by atoms with Crippen molar-refractivity contribution in [3.8, 4) is 5.75 Å². The van der Waals surface area contributed by atoms with Gasteiger partial charge < -0.3 is 15.0 Å². The van der Waals surface area contributed by atoms with Crippen molar-refractivity contribution in [3.05, 3.63) is 42.5 Å². The first kappa shape index (κ1) is 16.8. The molecule has 0 saturated carbocycles. The van der Waals surface area contributed by atoms with Gasteiger partial charge in [-0.1, -0.05) is 30.4 Å². The van der Waals surface area contributed by atoms with Gasteiger partial charge in [0.05, 0.1) is 6.54 Å². The molecule has 2 aliphatic rings. The molecule has 130 valence electrons. The topological polar surface area (TPSA) is 40.1 Å². The van der Waals surface area contributed by atoms with Crippen LogP contribution in [0.5, 0.6) is 5.75 Å². The Hall–Kier alpha value is -2.01. The number of guanidine groups is 1. The molecule has 0 bridgehead atoms. The Morgan fingerprint density at radius 1 is 1.29 bits per heavy atom. The molecule has 1 saturated heterocycles. The molecule has 1 aromatic rings. The first-order valence-electron chi connectivity index (χ1n) is 8.82. The zero-order chi connectivity index (χ0) is 16.8. The van der Waals surface area contributed by atoms with Crippen molar-refractivity contribution in [1.29, 1.82) is 0 Å². The highest BCUT2D eigenvalue weighted by molar-refractivity contribution is 5.80. The van der Waals surface area contributed by atoms with Crippen LogP contribution in [-0.4, -0.2) is 67.7 Å². The van der Waals surface area contributed by atoms with Crippen LogP contribution >= 0.6 is 0 Å². The van der Waals surface area contributed by atoms with E-state index in [9.17, 15) is 0 Å². The van der Waals surface area contributed by atoms with Crippen molar-refractivity contribution < 1.29 is 4.74 Å². The molecule has 1 aromatic carbocycles. The lowest BCUT2D eigenvalue weighted by atomic mass is 10.2. The predicted octanol–water partition coefficient (Wildman–Crippen LogP) is 1.98. The van der Waals surface area contributed by atoms with Gasteiger partial charge in [-0.25, -0.2) is 0 Å². The van der Waals surface area contributed by atoms with Gasteiger partial charge in [0.15, 0.2) is 5.96 Å². The number of para-hydroxylation sites is 1. The van der Waals surface area contributed by atoms with Crippen LogP contribution in [0.2, 0.25) is 0 Å². The average molecular weight is 328 g/mol. The zero-order valence-corrected chi connectivity index (χ0v) is 14.7. The first-order chi connectivity index (χ1) is 11.8. The minimum Gasteiger partial charge on any atom is -0.489 e. The van der Waals surface area contributed by atoms with Crippen LogP contribution in [0.4, 0.5) is 0 Å². The highest BCUT2D eigenvalue weighted by atomic mass is 16.5. The quantitative estimate of drug-likeness (QED) is 0.510. The molecule has 2 heterocycles. The van der Waals surface area contributed by atoms with Gasteiger partial charge in [0, 0.05) is 39.3 Å². The molecule has 1 fully saturated rings. The fraction of sp³-hybridized carbons (Fsp3) is 0.526. The maximum atomic E-state index is 5.92. The largest absolute Gasteiger partial charge is 0.489 e. The smallest absolute Gasteiger partial charge is 0.193 e. The highest BCUT2D eigenvalue weighted by Gasteiger charge is 2.29. The Kier molecular flexibility index (Phi) is 5.75. The molecular formula is C19H28N4O. The van der Waals surface area contributed by atoms with Crippen molar-refractivity contribution in [2.24, 2.45) is 4.99 Å². The predicted molar refractivity (Wildman–Crippen MR) is 98.6 cm³/mol. The average Bonchev–Trinajstić information content (AvgIpc) is 3.28. The fourth-order valence-electron chi connectivity index (χ4n) is 3.37. The Bertz CT molecular complexity index is 564. The molecule has 2 atom stereocenters. The van der Waals surface area contributed by atoms with Gasteiger partial charge >= 0.3 is 0 Å². The summed E-state index contributed by atoms with van der Waals surface area (Å²) in [4.78, 5) is 9.35. The van der Waals surface area contributed by atoms with Gasteiger partial charge in [0.25, 0.3) is 0 Å². The van der Waals surface area contributed by atoms with Gasteiger partial charge in [-0.05, 0) is 25.5 Å². The molecule has 2 unspecified atom stereocenters. The summed E-state index contributed by atoms with van der Waals surface area (Å²) in [5.74, 6) is 1.89. The van der Waals surface area contributed by atoms with Gasteiger partial charge in [0.1, 0.15) is 11.9 Å². The highest BCUT2D eigenvalue weighted by Crippen LogP contribution is 2.18. The Labute approximate surface area is 145 Å². The number of aliphatic imine (C=N–C) groups is 1. The standard InChI is InChI=1S/C19H28N4O/c1-16(24-18-8-4-3-5-9-18)14-21-19(20-2)23-13-10-17(15-23)22-11-6-7-12-22/h3-9,16-17H,10-15H2,1-2H3,(H,20,21). The summed E-state index contributed by atoms with van der Waals surface area (Å²) >= 11 is 0. The van der Waals surface area contributed by atoms with Crippen molar-refractivity contribution in [1.82, 2.24) is 15.1 Å². The fourth-order valence-corrected chi connectivity index (χ4v) is 3.37. The summed E-state index contributed by atoms with van der Waals surface area (Å²) in [5, 5.41) is 3.46. The van der Waals surface area contributed by atoms with E-state index in [0.29, 0.717) is 6.04 Å². The number of hydrogen-bond donors (Lipinski definition) is 1. The van der Waals surface area contributed by atoms with Crippen LogP contribution in [0.3, 0.4) is 0 Å². The lowest BCUT2D eigenvalue weighted by Gasteiger charge is -2.26. The van der Waals surface area contributed by atoms with Crippen molar-refractivity contribution in [2.75, 3.05) is 39.8 Å². The van der Waals surface area contributed by atoms with Crippen molar-refractivity contribution in [2.45, 2.75) is 25.5 Å². The Morgan fingerprint density at radius 3 is 2.75 bits per heavy atom. The lowest BCUT2D eigenvalue weighted by Crippen LogP contribution is -2.45. The minimum absolute atomic E-state index is 0.0883. The molecule has 0 aromatic heterocycles.